The van der Waals surface area contributed by atoms with Crippen molar-refractivity contribution in [2.75, 3.05) is 17.3 Å². The normalized spacial score (nSPS) is 23.7. The minimum Gasteiger partial charge on any atom is -0.387 e. The molecule has 2 unspecified atom stereocenters. The molecule has 0 spiro atoms. The lowest BCUT2D eigenvalue weighted by molar-refractivity contribution is 0.175. The van der Waals surface area contributed by atoms with Gasteiger partial charge in [-0.25, -0.2) is 4.39 Å². The molecule has 1 aromatic rings. The standard InChI is InChI=1S/C11H13FOS2/c12-9-4-2-1-3-8(9)11(13)10-7-14-5-6-15-10/h1-4,10-11,13H,5-7H2. The molecule has 1 nitrogen and oxygen atoms in total. The molecule has 1 fully saturated rings. The maximum atomic E-state index is 13.4. The van der Waals surface area contributed by atoms with Gasteiger partial charge in [0.2, 0.25) is 0 Å². The van der Waals surface area contributed by atoms with E-state index in [2.05, 4.69) is 0 Å². The van der Waals surface area contributed by atoms with Crippen molar-refractivity contribution in [3.8, 4) is 0 Å². The molecule has 0 aliphatic carbocycles. The summed E-state index contributed by atoms with van der Waals surface area (Å²) in [5.74, 6) is 2.77. The van der Waals surface area contributed by atoms with E-state index in [4.69, 9.17) is 0 Å². The predicted octanol–water partition coefficient (Wildman–Crippen LogP) is 2.71. The van der Waals surface area contributed by atoms with Gasteiger partial charge >= 0.3 is 0 Å². The Morgan fingerprint density at radius 1 is 1.33 bits per heavy atom. The first kappa shape index (κ1) is 11.3. The van der Waals surface area contributed by atoms with E-state index in [-0.39, 0.29) is 11.1 Å². The molecule has 0 aromatic heterocycles. The van der Waals surface area contributed by atoms with Crippen molar-refractivity contribution in [1.82, 2.24) is 0 Å². The third-order valence-electron chi connectivity index (χ3n) is 2.42. The van der Waals surface area contributed by atoms with Crippen LogP contribution in [-0.4, -0.2) is 27.6 Å². The zero-order chi connectivity index (χ0) is 10.7. The van der Waals surface area contributed by atoms with Crippen molar-refractivity contribution in [1.29, 1.82) is 0 Å². The van der Waals surface area contributed by atoms with Crippen LogP contribution in [0.15, 0.2) is 24.3 Å². The van der Waals surface area contributed by atoms with Crippen molar-refractivity contribution < 1.29 is 9.50 Å². The summed E-state index contributed by atoms with van der Waals surface area (Å²) in [6, 6.07) is 6.48. The van der Waals surface area contributed by atoms with Crippen molar-refractivity contribution in [3.63, 3.8) is 0 Å². The van der Waals surface area contributed by atoms with E-state index < -0.39 is 6.10 Å². The molecule has 1 aliphatic rings. The summed E-state index contributed by atoms with van der Waals surface area (Å²) in [6.45, 7) is 0. The number of hydrogen-bond acceptors (Lipinski definition) is 3. The average molecular weight is 244 g/mol. The van der Waals surface area contributed by atoms with Gasteiger partial charge in [0.25, 0.3) is 0 Å². The Bertz CT molecular complexity index is 326. The van der Waals surface area contributed by atoms with E-state index >= 15 is 0 Å². The molecule has 15 heavy (non-hydrogen) atoms. The second-order valence-corrected chi connectivity index (χ2v) is 5.95. The number of aliphatic hydroxyl groups is 1. The lowest BCUT2D eigenvalue weighted by atomic mass is 10.1. The molecule has 0 saturated carbocycles. The Labute approximate surface area is 97.5 Å². The predicted molar refractivity (Wildman–Crippen MR) is 64.9 cm³/mol. The van der Waals surface area contributed by atoms with E-state index in [0.29, 0.717) is 5.56 Å². The van der Waals surface area contributed by atoms with Crippen molar-refractivity contribution in [2.24, 2.45) is 0 Å². The van der Waals surface area contributed by atoms with Crippen LogP contribution >= 0.6 is 23.5 Å². The van der Waals surface area contributed by atoms with E-state index in [1.807, 2.05) is 11.8 Å². The Balaban J connectivity index is 2.12. The zero-order valence-corrected chi connectivity index (χ0v) is 9.86. The Kier molecular flexibility index (Phi) is 3.94. The SMILES string of the molecule is OC(c1ccccc1F)C1CSCCS1. The number of halogens is 1. The number of hydrogen-bond donors (Lipinski definition) is 1. The van der Waals surface area contributed by atoms with Crippen LogP contribution in [0.5, 0.6) is 0 Å². The van der Waals surface area contributed by atoms with Crippen molar-refractivity contribution in [2.45, 2.75) is 11.4 Å². The molecule has 4 heteroatoms. The monoisotopic (exact) mass is 244 g/mol. The van der Waals surface area contributed by atoms with Gasteiger partial charge in [-0.1, -0.05) is 18.2 Å². The molecule has 0 amide bonds. The fourth-order valence-corrected chi connectivity index (χ4v) is 4.35. The highest BCUT2D eigenvalue weighted by atomic mass is 32.2. The van der Waals surface area contributed by atoms with E-state index in [1.54, 1.807) is 30.0 Å². The molecule has 1 N–H and O–H groups in total. The summed E-state index contributed by atoms with van der Waals surface area (Å²) in [5, 5.41) is 10.2. The summed E-state index contributed by atoms with van der Waals surface area (Å²) in [4.78, 5) is 0. The summed E-state index contributed by atoms with van der Waals surface area (Å²) in [5.41, 5.74) is 0.428. The van der Waals surface area contributed by atoms with Gasteiger partial charge in [0.05, 0.1) is 6.10 Å². The molecule has 1 saturated heterocycles. The van der Waals surface area contributed by atoms with Crippen LogP contribution in [0.3, 0.4) is 0 Å². The van der Waals surface area contributed by atoms with Crippen molar-refractivity contribution >= 4 is 23.5 Å². The first-order valence-electron chi connectivity index (χ1n) is 4.91. The topological polar surface area (TPSA) is 20.2 Å². The van der Waals surface area contributed by atoms with Crippen LogP contribution in [0.4, 0.5) is 4.39 Å². The molecule has 82 valence electrons. The van der Waals surface area contributed by atoms with Gasteiger partial charge < -0.3 is 5.11 Å². The minimum absolute atomic E-state index is 0.126. The first-order valence-corrected chi connectivity index (χ1v) is 7.11. The van der Waals surface area contributed by atoms with E-state index in [9.17, 15) is 9.50 Å². The number of benzene rings is 1. The quantitative estimate of drug-likeness (QED) is 0.864. The fourth-order valence-electron chi connectivity index (χ4n) is 1.60. The fraction of sp³-hybridized carbons (Fsp3) is 0.455. The summed E-state index contributed by atoms with van der Waals surface area (Å²) in [7, 11) is 0. The lowest BCUT2D eigenvalue weighted by Gasteiger charge is -2.26. The minimum atomic E-state index is -0.677. The molecular weight excluding hydrogens is 231 g/mol. The van der Waals surface area contributed by atoms with Gasteiger partial charge in [-0.3, -0.25) is 0 Å². The van der Waals surface area contributed by atoms with E-state index in [0.717, 1.165) is 17.3 Å². The van der Waals surface area contributed by atoms with Gasteiger partial charge in [0, 0.05) is 28.1 Å². The highest BCUT2D eigenvalue weighted by Gasteiger charge is 2.25. The average Bonchev–Trinajstić information content (AvgIpc) is 2.30. The third-order valence-corrected chi connectivity index (χ3v) is 5.27. The van der Waals surface area contributed by atoms with Gasteiger partial charge in [0.15, 0.2) is 0 Å². The van der Waals surface area contributed by atoms with Crippen LogP contribution in [0.25, 0.3) is 0 Å². The van der Waals surface area contributed by atoms with Crippen LogP contribution < -0.4 is 0 Å². The van der Waals surface area contributed by atoms with Crippen molar-refractivity contribution in [3.05, 3.63) is 35.6 Å². The molecule has 2 atom stereocenters. The Hall–Kier alpha value is -0.190. The second-order valence-electron chi connectivity index (χ2n) is 3.45. The Morgan fingerprint density at radius 3 is 2.80 bits per heavy atom. The first-order chi connectivity index (χ1) is 7.29. The van der Waals surface area contributed by atoms with Gasteiger partial charge in [-0.2, -0.15) is 23.5 Å². The number of rotatable bonds is 2. The molecule has 2 rings (SSSR count). The molecule has 0 bridgehead atoms. The van der Waals surface area contributed by atoms with Crippen LogP contribution in [-0.2, 0) is 0 Å². The molecule has 1 aromatic carbocycles. The Morgan fingerprint density at radius 2 is 2.13 bits per heavy atom. The summed E-state index contributed by atoms with van der Waals surface area (Å²) in [6.07, 6.45) is -0.677. The molecular formula is C11H13FOS2. The smallest absolute Gasteiger partial charge is 0.129 e. The van der Waals surface area contributed by atoms with Gasteiger partial charge in [-0.15, -0.1) is 0 Å². The largest absolute Gasteiger partial charge is 0.387 e. The van der Waals surface area contributed by atoms with E-state index in [1.165, 1.54) is 6.07 Å². The molecule has 0 radical (unpaired) electrons. The van der Waals surface area contributed by atoms with Gasteiger partial charge in [-0.05, 0) is 6.07 Å². The zero-order valence-electron chi connectivity index (χ0n) is 8.23. The maximum Gasteiger partial charge on any atom is 0.129 e. The molecule has 1 heterocycles. The third kappa shape index (κ3) is 2.68. The van der Waals surface area contributed by atoms with Crippen LogP contribution in [0, 0.1) is 5.82 Å². The summed E-state index contributed by atoms with van der Waals surface area (Å²) >= 11 is 3.57. The van der Waals surface area contributed by atoms with Crippen LogP contribution in [0.1, 0.15) is 11.7 Å². The number of aliphatic hydroxyl groups excluding tert-OH is 1. The highest BCUT2D eigenvalue weighted by Crippen LogP contribution is 2.34. The lowest BCUT2D eigenvalue weighted by Crippen LogP contribution is -2.23. The number of thioether (sulfide) groups is 2. The second kappa shape index (κ2) is 5.23. The maximum absolute atomic E-state index is 13.4. The molecule has 1 aliphatic heterocycles. The van der Waals surface area contributed by atoms with Gasteiger partial charge in [0.1, 0.15) is 5.82 Å². The van der Waals surface area contributed by atoms with Crippen LogP contribution in [0.2, 0.25) is 0 Å². The highest BCUT2D eigenvalue weighted by molar-refractivity contribution is 8.06. The summed E-state index contributed by atoms with van der Waals surface area (Å²) < 4.78 is 13.4.